The highest BCUT2D eigenvalue weighted by molar-refractivity contribution is 5.86. The van der Waals surface area contributed by atoms with Gasteiger partial charge in [-0.05, 0) is 55.0 Å². The second kappa shape index (κ2) is 5.53. The fourth-order valence-electron chi connectivity index (χ4n) is 2.99. The number of fused-ring (bicyclic) bond motifs is 1. The quantitative estimate of drug-likeness (QED) is 0.570. The second-order valence-electron chi connectivity index (χ2n) is 6.11. The molecular formula is C21H18N2O. The Morgan fingerprint density at radius 1 is 0.833 bits per heavy atom. The van der Waals surface area contributed by atoms with Crippen molar-refractivity contribution < 1.29 is 5.11 Å². The van der Waals surface area contributed by atoms with Gasteiger partial charge in [-0.1, -0.05) is 29.8 Å². The van der Waals surface area contributed by atoms with Gasteiger partial charge in [0.2, 0.25) is 0 Å². The van der Waals surface area contributed by atoms with Crippen molar-refractivity contribution in [2.75, 3.05) is 0 Å². The summed E-state index contributed by atoms with van der Waals surface area (Å²) in [5.41, 5.74) is 6.43. The molecule has 0 saturated carbocycles. The molecule has 3 nitrogen and oxygen atoms in total. The summed E-state index contributed by atoms with van der Waals surface area (Å²) in [6.45, 7) is 2.08. The van der Waals surface area contributed by atoms with Crippen LogP contribution in [0.3, 0.4) is 0 Å². The molecular weight excluding hydrogens is 296 g/mol. The van der Waals surface area contributed by atoms with Crippen molar-refractivity contribution in [2.24, 2.45) is 7.05 Å². The minimum absolute atomic E-state index is 0.275. The van der Waals surface area contributed by atoms with Gasteiger partial charge in [-0.15, -0.1) is 0 Å². The zero-order valence-corrected chi connectivity index (χ0v) is 13.7. The average molecular weight is 314 g/mol. The fraction of sp³-hybridized carbons (Fsp3) is 0.0952. The highest BCUT2D eigenvalue weighted by Crippen LogP contribution is 2.29. The van der Waals surface area contributed by atoms with Gasteiger partial charge in [-0.3, -0.25) is 0 Å². The maximum atomic E-state index is 9.48. The molecule has 0 unspecified atom stereocenters. The Kier molecular flexibility index (Phi) is 3.35. The van der Waals surface area contributed by atoms with Gasteiger partial charge in [0.15, 0.2) is 0 Å². The molecule has 0 atom stereocenters. The topological polar surface area (TPSA) is 38.0 Å². The zero-order valence-electron chi connectivity index (χ0n) is 13.7. The number of rotatable bonds is 2. The first-order chi connectivity index (χ1) is 11.6. The summed E-state index contributed by atoms with van der Waals surface area (Å²) in [4.78, 5) is 4.85. The van der Waals surface area contributed by atoms with Gasteiger partial charge in [0, 0.05) is 18.0 Å². The lowest BCUT2D eigenvalue weighted by Gasteiger charge is -2.06. The van der Waals surface area contributed by atoms with Crippen LogP contribution in [0, 0.1) is 6.92 Å². The molecule has 2 aromatic heterocycles. The molecule has 0 saturated heterocycles. The average Bonchev–Trinajstić information content (AvgIpc) is 2.93. The molecule has 4 rings (SSSR count). The number of aryl methyl sites for hydroxylation is 2. The van der Waals surface area contributed by atoms with E-state index in [2.05, 4.69) is 54.0 Å². The Morgan fingerprint density at radius 2 is 1.50 bits per heavy atom. The molecule has 118 valence electrons. The molecule has 0 aliphatic carbocycles. The lowest BCUT2D eigenvalue weighted by atomic mass is 10.1. The van der Waals surface area contributed by atoms with E-state index in [0.29, 0.717) is 0 Å². The number of nitrogens with zero attached hydrogens (tertiary/aromatic N) is 2. The third-order valence-electron chi connectivity index (χ3n) is 4.39. The number of hydrogen-bond donors (Lipinski definition) is 1. The van der Waals surface area contributed by atoms with E-state index >= 15 is 0 Å². The summed E-state index contributed by atoms with van der Waals surface area (Å²) in [5, 5.41) is 10.6. The van der Waals surface area contributed by atoms with Crippen LogP contribution < -0.4 is 0 Å². The van der Waals surface area contributed by atoms with Crippen molar-refractivity contribution >= 4 is 11.0 Å². The van der Waals surface area contributed by atoms with Crippen molar-refractivity contribution in [1.82, 2.24) is 9.55 Å². The fourth-order valence-corrected chi connectivity index (χ4v) is 2.99. The third kappa shape index (κ3) is 2.44. The summed E-state index contributed by atoms with van der Waals surface area (Å²) >= 11 is 0. The second-order valence-corrected chi connectivity index (χ2v) is 6.11. The van der Waals surface area contributed by atoms with Gasteiger partial charge in [-0.2, -0.15) is 0 Å². The van der Waals surface area contributed by atoms with Crippen molar-refractivity contribution in [2.45, 2.75) is 6.92 Å². The van der Waals surface area contributed by atoms with Crippen molar-refractivity contribution in [3.63, 3.8) is 0 Å². The summed E-state index contributed by atoms with van der Waals surface area (Å²) in [6, 6.07) is 22.0. The molecule has 0 spiro atoms. The first-order valence-electron chi connectivity index (χ1n) is 7.95. The van der Waals surface area contributed by atoms with Crippen molar-refractivity contribution in [3.05, 3.63) is 72.3 Å². The smallest absolute Gasteiger partial charge is 0.140 e. The minimum Gasteiger partial charge on any atom is -0.508 e. The van der Waals surface area contributed by atoms with Gasteiger partial charge in [0.1, 0.15) is 11.4 Å². The summed E-state index contributed by atoms with van der Waals surface area (Å²) in [6.07, 6.45) is 0. The number of phenols is 1. The summed E-state index contributed by atoms with van der Waals surface area (Å²) < 4.78 is 2.10. The Bertz CT molecular complexity index is 1010. The highest BCUT2D eigenvalue weighted by atomic mass is 16.3. The number of aromatic hydroxyl groups is 1. The third-order valence-corrected chi connectivity index (χ3v) is 4.39. The van der Waals surface area contributed by atoms with Crippen LogP contribution in [0.2, 0.25) is 0 Å². The molecule has 0 radical (unpaired) electrons. The lowest BCUT2D eigenvalue weighted by Crippen LogP contribution is -1.94. The van der Waals surface area contributed by atoms with E-state index in [1.54, 1.807) is 12.1 Å². The summed E-state index contributed by atoms with van der Waals surface area (Å²) in [7, 11) is 2.02. The van der Waals surface area contributed by atoms with Crippen molar-refractivity contribution in [1.29, 1.82) is 0 Å². The van der Waals surface area contributed by atoms with E-state index < -0.39 is 0 Å². The predicted octanol–water partition coefficient (Wildman–Crippen LogP) is 4.92. The van der Waals surface area contributed by atoms with E-state index in [-0.39, 0.29) is 5.75 Å². The molecule has 0 bridgehead atoms. The minimum atomic E-state index is 0.275. The van der Waals surface area contributed by atoms with Gasteiger partial charge >= 0.3 is 0 Å². The number of hydrogen-bond acceptors (Lipinski definition) is 2. The van der Waals surface area contributed by atoms with Gasteiger partial charge in [0.25, 0.3) is 0 Å². The maximum absolute atomic E-state index is 9.48. The Balaban J connectivity index is 1.84. The SMILES string of the molecule is Cc1ccc(-c2ccc3cc(-c4ccc(O)cc4)n(C)c3n2)cc1. The molecule has 0 amide bonds. The standard InChI is InChI=1S/C21H18N2O/c1-14-3-5-15(6-4-14)19-12-9-17-13-20(23(2)21(17)22-19)16-7-10-18(24)11-8-16/h3-13,24H,1-2H3. The molecule has 0 aliphatic rings. The first-order valence-corrected chi connectivity index (χ1v) is 7.95. The zero-order chi connectivity index (χ0) is 16.7. The van der Waals surface area contributed by atoms with Crippen LogP contribution in [0.1, 0.15) is 5.56 Å². The number of pyridine rings is 1. The summed E-state index contributed by atoms with van der Waals surface area (Å²) in [5.74, 6) is 0.275. The molecule has 1 N–H and O–H groups in total. The normalized spacial score (nSPS) is 11.1. The van der Waals surface area contributed by atoms with Crippen LogP contribution >= 0.6 is 0 Å². The molecule has 4 aromatic rings. The number of aromatic nitrogens is 2. The first kappa shape index (κ1) is 14.5. The Hall–Kier alpha value is -3.07. The highest BCUT2D eigenvalue weighted by Gasteiger charge is 2.10. The Labute approximate surface area is 140 Å². The number of benzene rings is 2. The van der Waals surface area contributed by atoms with E-state index in [4.69, 9.17) is 4.98 Å². The maximum Gasteiger partial charge on any atom is 0.140 e. The lowest BCUT2D eigenvalue weighted by molar-refractivity contribution is 0.475. The van der Waals surface area contributed by atoms with E-state index in [1.807, 2.05) is 19.2 Å². The van der Waals surface area contributed by atoms with E-state index in [9.17, 15) is 5.11 Å². The van der Waals surface area contributed by atoms with Crippen LogP contribution in [0.5, 0.6) is 5.75 Å². The van der Waals surface area contributed by atoms with Gasteiger partial charge in [-0.25, -0.2) is 4.98 Å². The van der Waals surface area contributed by atoms with Crippen LogP contribution in [-0.2, 0) is 7.05 Å². The van der Waals surface area contributed by atoms with Crippen LogP contribution in [0.25, 0.3) is 33.5 Å². The van der Waals surface area contributed by atoms with E-state index in [1.165, 1.54) is 5.56 Å². The largest absolute Gasteiger partial charge is 0.508 e. The van der Waals surface area contributed by atoms with Gasteiger partial charge in [0.05, 0.1) is 11.4 Å². The van der Waals surface area contributed by atoms with Crippen LogP contribution in [-0.4, -0.2) is 14.7 Å². The molecule has 0 aliphatic heterocycles. The van der Waals surface area contributed by atoms with Crippen LogP contribution in [0.15, 0.2) is 66.7 Å². The monoisotopic (exact) mass is 314 g/mol. The van der Waals surface area contributed by atoms with Crippen LogP contribution in [0.4, 0.5) is 0 Å². The molecule has 3 heteroatoms. The van der Waals surface area contributed by atoms with Gasteiger partial charge < -0.3 is 9.67 Å². The molecule has 2 aromatic carbocycles. The Morgan fingerprint density at radius 3 is 2.21 bits per heavy atom. The van der Waals surface area contributed by atoms with E-state index in [0.717, 1.165) is 33.5 Å². The molecule has 2 heterocycles. The predicted molar refractivity (Wildman–Crippen MR) is 98.0 cm³/mol. The van der Waals surface area contributed by atoms with Crippen molar-refractivity contribution in [3.8, 4) is 28.3 Å². The molecule has 24 heavy (non-hydrogen) atoms. The number of phenolic OH excluding ortho intramolecular Hbond substituents is 1. The molecule has 0 fully saturated rings.